The van der Waals surface area contributed by atoms with Crippen molar-refractivity contribution in [1.29, 1.82) is 0 Å². The molecule has 0 saturated heterocycles. The van der Waals surface area contributed by atoms with Gasteiger partial charge >= 0.3 is 5.97 Å². The number of aromatic nitrogens is 1. The third-order valence-corrected chi connectivity index (χ3v) is 2.62. The Morgan fingerprint density at radius 3 is 3.00 bits per heavy atom. The summed E-state index contributed by atoms with van der Waals surface area (Å²) in [7, 11) is 1.54. The third kappa shape index (κ3) is 2.69. The summed E-state index contributed by atoms with van der Waals surface area (Å²) in [5.74, 6) is -1.16. The van der Waals surface area contributed by atoms with Gasteiger partial charge in [0.1, 0.15) is 0 Å². The number of nitrogens with zero attached hydrogens (tertiary/aromatic N) is 1. The van der Waals surface area contributed by atoms with E-state index in [2.05, 4.69) is 4.98 Å². The van der Waals surface area contributed by atoms with Crippen LogP contribution in [0.4, 0.5) is 0 Å². The molecule has 1 heterocycles. The fourth-order valence-corrected chi connectivity index (χ4v) is 1.72. The second kappa shape index (κ2) is 4.23. The molecule has 0 spiro atoms. The van der Waals surface area contributed by atoms with Gasteiger partial charge in [-0.15, -0.1) is 0 Å². The lowest BCUT2D eigenvalue weighted by molar-refractivity contribution is -0.141. The number of thiazole rings is 1. The largest absolute Gasteiger partial charge is 0.481 e. The van der Waals surface area contributed by atoms with E-state index in [0.717, 1.165) is 4.88 Å². The van der Waals surface area contributed by atoms with Crippen LogP contribution in [0.1, 0.15) is 11.8 Å². The first kappa shape index (κ1) is 9.98. The Hall–Kier alpha value is -1.10. The number of aliphatic carboxylic acids is 1. The smallest absolute Gasteiger partial charge is 0.306 e. The highest BCUT2D eigenvalue weighted by atomic mass is 32.1. The lowest BCUT2D eigenvalue weighted by Gasteiger charge is -2.01. The SMILES string of the molecule is COc1ncc(CC(C)C(=O)O)s1. The number of hydrogen-bond acceptors (Lipinski definition) is 4. The Labute approximate surface area is 80.2 Å². The molecular weight excluding hydrogens is 190 g/mol. The van der Waals surface area contributed by atoms with Gasteiger partial charge in [0.15, 0.2) is 0 Å². The van der Waals surface area contributed by atoms with Crippen molar-refractivity contribution >= 4 is 17.3 Å². The van der Waals surface area contributed by atoms with Crippen molar-refractivity contribution in [3.63, 3.8) is 0 Å². The van der Waals surface area contributed by atoms with Crippen LogP contribution in [0.15, 0.2) is 6.20 Å². The predicted octanol–water partition coefficient (Wildman–Crippen LogP) is 1.41. The minimum Gasteiger partial charge on any atom is -0.481 e. The zero-order valence-corrected chi connectivity index (χ0v) is 8.30. The van der Waals surface area contributed by atoms with Crippen LogP contribution in [0.3, 0.4) is 0 Å². The molecule has 0 aliphatic heterocycles. The zero-order chi connectivity index (χ0) is 9.84. The van der Waals surface area contributed by atoms with Crippen molar-refractivity contribution in [2.45, 2.75) is 13.3 Å². The maximum Gasteiger partial charge on any atom is 0.306 e. The van der Waals surface area contributed by atoms with Gasteiger partial charge in [0.2, 0.25) is 0 Å². The molecule has 0 saturated carbocycles. The second-order valence-electron chi connectivity index (χ2n) is 2.74. The molecule has 4 nitrogen and oxygen atoms in total. The predicted molar refractivity (Wildman–Crippen MR) is 49.2 cm³/mol. The lowest BCUT2D eigenvalue weighted by atomic mass is 10.1. The Kier molecular flexibility index (Phi) is 3.25. The summed E-state index contributed by atoms with van der Waals surface area (Å²) < 4.78 is 4.90. The van der Waals surface area contributed by atoms with Crippen LogP contribution >= 0.6 is 11.3 Å². The van der Waals surface area contributed by atoms with E-state index >= 15 is 0 Å². The average molecular weight is 201 g/mol. The summed E-state index contributed by atoms with van der Waals surface area (Å²) in [6.45, 7) is 1.68. The topological polar surface area (TPSA) is 59.4 Å². The number of ether oxygens (including phenoxy) is 1. The number of rotatable bonds is 4. The van der Waals surface area contributed by atoms with Gasteiger partial charge in [-0.1, -0.05) is 18.3 Å². The first-order chi connectivity index (χ1) is 6.13. The van der Waals surface area contributed by atoms with E-state index in [4.69, 9.17) is 9.84 Å². The molecule has 0 aromatic carbocycles. The molecule has 0 radical (unpaired) electrons. The molecule has 0 fully saturated rings. The van der Waals surface area contributed by atoms with Gasteiger partial charge < -0.3 is 9.84 Å². The van der Waals surface area contributed by atoms with Gasteiger partial charge in [-0.2, -0.15) is 0 Å². The van der Waals surface area contributed by atoms with Crippen LogP contribution < -0.4 is 4.74 Å². The second-order valence-corrected chi connectivity index (χ2v) is 3.82. The Bertz CT molecular complexity index is 297. The molecule has 5 heteroatoms. The molecule has 72 valence electrons. The Morgan fingerprint density at radius 2 is 2.54 bits per heavy atom. The standard InChI is InChI=1S/C8H11NO3S/c1-5(7(10)11)3-6-4-9-8(12-2)13-6/h4-5H,3H2,1-2H3,(H,10,11). The number of carboxylic acids is 1. The van der Waals surface area contributed by atoms with Crippen LogP contribution in [0.25, 0.3) is 0 Å². The third-order valence-electron chi connectivity index (χ3n) is 1.64. The van der Waals surface area contributed by atoms with E-state index in [-0.39, 0.29) is 5.92 Å². The Balaban J connectivity index is 2.58. The summed E-state index contributed by atoms with van der Waals surface area (Å²) in [5, 5.41) is 9.24. The van der Waals surface area contributed by atoms with Gasteiger partial charge in [-0.05, 0) is 6.42 Å². The fraction of sp³-hybridized carbons (Fsp3) is 0.500. The average Bonchev–Trinajstić information content (AvgIpc) is 2.52. The monoisotopic (exact) mass is 201 g/mol. The number of carbonyl (C=O) groups is 1. The van der Waals surface area contributed by atoms with Crippen LogP contribution in [-0.4, -0.2) is 23.2 Å². The van der Waals surface area contributed by atoms with E-state index in [0.29, 0.717) is 11.6 Å². The van der Waals surface area contributed by atoms with Crippen molar-refractivity contribution in [1.82, 2.24) is 4.98 Å². The summed E-state index contributed by atoms with van der Waals surface area (Å²) in [5.41, 5.74) is 0. The first-order valence-corrected chi connectivity index (χ1v) is 4.66. The van der Waals surface area contributed by atoms with Gasteiger partial charge in [0.05, 0.1) is 13.0 Å². The quantitative estimate of drug-likeness (QED) is 0.800. The highest BCUT2D eigenvalue weighted by molar-refractivity contribution is 7.13. The molecule has 1 unspecified atom stereocenters. The van der Waals surface area contributed by atoms with E-state index in [9.17, 15) is 4.79 Å². The highest BCUT2D eigenvalue weighted by Crippen LogP contribution is 2.22. The van der Waals surface area contributed by atoms with Crippen LogP contribution in [0.5, 0.6) is 5.19 Å². The molecule has 1 N–H and O–H groups in total. The van der Waals surface area contributed by atoms with Crippen molar-refractivity contribution in [2.75, 3.05) is 7.11 Å². The number of methoxy groups -OCH3 is 1. The molecule has 0 bridgehead atoms. The van der Waals surface area contributed by atoms with Gasteiger partial charge in [0, 0.05) is 11.1 Å². The van der Waals surface area contributed by atoms with E-state index in [1.165, 1.54) is 11.3 Å². The normalized spacial score (nSPS) is 12.5. The number of carboxylic acid groups (broad SMARTS) is 1. The van der Waals surface area contributed by atoms with Gasteiger partial charge in [-0.3, -0.25) is 4.79 Å². The molecule has 13 heavy (non-hydrogen) atoms. The van der Waals surface area contributed by atoms with Gasteiger partial charge in [0.25, 0.3) is 5.19 Å². The molecule has 0 aliphatic carbocycles. The van der Waals surface area contributed by atoms with E-state index < -0.39 is 5.97 Å². The summed E-state index contributed by atoms with van der Waals surface area (Å²) in [4.78, 5) is 15.4. The summed E-state index contributed by atoms with van der Waals surface area (Å²) in [6, 6.07) is 0. The molecule has 1 aromatic heterocycles. The maximum atomic E-state index is 10.5. The fourth-order valence-electron chi connectivity index (χ4n) is 0.867. The summed E-state index contributed by atoms with van der Waals surface area (Å²) in [6.07, 6.45) is 2.17. The molecule has 1 rings (SSSR count). The minimum absolute atomic E-state index is 0.370. The molecule has 0 amide bonds. The molecular formula is C8H11NO3S. The minimum atomic E-state index is -0.785. The number of hydrogen-bond donors (Lipinski definition) is 1. The van der Waals surface area contributed by atoms with Crippen molar-refractivity contribution in [3.05, 3.63) is 11.1 Å². The van der Waals surface area contributed by atoms with Crippen LogP contribution in [-0.2, 0) is 11.2 Å². The van der Waals surface area contributed by atoms with Crippen molar-refractivity contribution in [3.8, 4) is 5.19 Å². The summed E-state index contributed by atoms with van der Waals surface area (Å²) >= 11 is 1.38. The maximum absolute atomic E-state index is 10.5. The molecule has 1 aromatic rings. The van der Waals surface area contributed by atoms with Gasteiger partial charge in [-0.25, -0.2) is 4.98 Å². The Morgan fingerprint density at radius 1 is 1.85 bits per heavy atom. The van der Waals surface area contributed by atoms with Crippen molar-refractivity contribution in [2.24, 2.45) is 5.92 Å². The molecule has 1 atom stereocenters. The van der Waals surface area contributed by atoms with Crippen LogP contribution in [0.2, 0.25) is 0 Å². The zero-order valence-electron chi connectivity index (χ0n) is 7.48. The van der Waals surface area contributed by atoms with Crippen molar-refractivity contribution < 1.29 is 14.6 Å². The molecule has 0 aliphatic rings. The van der Waals surface area contributed by atoms with Crippen LogP contribution in [0, 0.1) is 5.92 Å². The lowest BCUT2D eigenvalue weighted by Crippen LogP contribution is -2.11. The van der Waals surface area contributed by atoms with E-state index in [1.54, 1.807) is 20.2 Å². The van der Waals surface area contributed by atoms with E-state index in [1.807, 2.05) is 0 Å². The first-order valence-electron chi connectivity index (χ1n) is 3.85. The highest BCUT2D eigenvalue weighted by Gasteiger charge is 2.13.